The zero-order valence-corrected chi connectivity index (χ0v) is 17.1. The summed E-state index contributed by atoms with van der Waals surface area (Å²) in [6.07, 6.45) is -3.32. The molecule has 0 aromatic heterocycles. The summed E-state index contributed by atoms with van der Waals surface area (Å²) >= 11 is 0. The van der Waals surface area contributed by atoms with Crippen LogP contribution in [0.2, 0.25) is 0 Å². The van der Waals surface area contributed by atoms with Crippen LogP contribution in [-0.4, -0.2) is 35.6 Å². The summed E-state index contributed by atoms with van der Waals surface area (Å²) < 4.78 is 18.9. The van der Waals surface area contributed by atoms with E-state index < -0.39 is 24.1 Å². The molecular formula is C25H24FNO4. The standard InChI is InChI=1S/C25H24FNO4/c1-15-10-11-16(26)12-21(15)24(29)23(28)13-27-25(30)31-14-22-19-8-4-2-6-17(19)18-7-3-5-9-20(18)22/h2-12,22-24,28-29H,13-14H2,1H3,(H,27,30). The lowest BCUT2D eigenvalue weighted by molar-refractivity contribution is 0.0180. The van der Waals surface area contributed by atoms with E-state index in [0.717, 1.165) is 22.3 Å². The van der Waals surface area contributed by atoms with E-state index in [1.165, 1.54) is 18.2 Å². The van der Waals surface area contributed by atoms with E-state index in [2.05, 4.69) is 17.4 Å². The maximum atomic E-state index is 13.5. The number of benzene rings is 3. The molecule has 1 aliphatic rings. The maximum absolute atomic E-state index is 13.5. The molecule has 2 atom stereocenters. The van der Waals surface area contributed by atoms with E-state index >= 15 is 0 Å². The summed E-state index contributed by atoms with van der Waals surface area (Å²) in [5.74, 6) is -0.569. The van der Waals surface area contributed by atoms with E-state index in [1.54, 1.807) is 6.92 Å². The highest BCUT2D eigenvalue weighted by Gasteiger charge is 2.29. The summed E-state index contributed by atoms with van der Waals surface area (Å²) in [6, 6.07) is 20.1. The van der Waals surface area contributed by atoms with Crippen molar-refractivity contribution >= 4 is 6.09 Å². The summed E-state index contributed by atoms with van der Waals surface area (Å²) in [5.41, 5.74) is 5.41. The number of aryl methyl sites for hydroxylation is 1. The van der Waals surface area contributed by atoms with E-state index in [1.807, 2.05) is 36.4 Å². The highest BCUT2D eigenvalue weighted by Crippen LogP contribution is 2.44. The van der Waals surface area contributed by atoms with Crippen LogP contribution in [0.15, 0.2) is 66.7 Å². The molecule has 160 valence electrons. The molecule has 1 aliphatic carbocycles. The van der Waals surface area contributed by atoms with Gasteiger partial charge in [0.1, 0.15) is 24.6 Å². The van der Waals surface area contributed by atoms with Crippen molar-refractivity contribution in [3.63, 3.8) is 0 Å². The number of fused-ring (bicyclic) bond motifs is 3. The molecule has 0 heterocycles. The van der Waals surface area contributed by atoms with Gasteiger partial charge in [0.05, 0.1) is 0 Å². The van der Waals surface area contributed by atoms with Gasteiger partial charge in [-0.3, -0.25) is 0 Å². The second-order valence-electron chi connectivity index (χ2n) is 7.72. The Morgan fingerprint density at radius 1 is 1.03 bits per heavy atom. The van der Waals surface area contributed by atoms with Crippen LogP contribution in [0.5, 0.6) is 0 Å². The van der Waals surface area contributed by atoms with Crippen LogP contribution in [0.3, 0.4) is 0 Å². The number of hydrogen-bond acceptors (Lipinski definition) is 4. The van der Waals surface area contributed by atoms with Crippen molar-refractivity contribution in [2.75, 3.05) is 13.2 Å². The fraction of sp³-hybridized carbons (Fsp3) is 0.240. The van der Waals surface area contributed by atoms with Crippen molar-refractivity contribution in [2.24, 2.45) is 0 Å². The molecule has 2 unspecified atom stereocenters. The monoisotopic (exact) mass is 421 g/mol. The summed E-state index contributed by atoms with van der Waals surface area (Å²) in [6.45, 7) is 1.64. The third-order valence-corrected chi connectivity index (χ3v) is 5.72. The molecule has 0 aliphatic heterocycles. The molecule has 0 saturated carbocycles. The fourth-order valence-electron chi connectivity index (χ4n) is 4.09. The quantitative estimate of drug-likeness (QED) is 0.561. The van der Waals surface area contributed by atoms with Crippen molar-refractivity contribution in [1.29, 1.82) is 0 Å². The van der Waals surface area contributed by atoms with Crippen molar-refractivity contribution < 1.29 is 24.1 Å². The van der Waals surface area contributed by atoms with Crippen LogP contribution in [0, 0.1) is 12.7 Å². The molecular weight excluding hydrogens is 397 g/mol. The number of halogens is 1. The van der Waals surface area contributed by atoms with E-state index in [4.69, 9.17) is 4.74 Å². The molecule has 3 N–H and O–H groups in total. The number of ether oxygens (including phenoxy) is 1. The normalized spacial score (nSPS) is 14.5. The molecule has 3 aromatic rings. The first-order valence-corrected chi connectivity index (χ1v) is 10.2. The molecule has 4 rings (SSSR count). The first kappa shape index (κ1) is 21.0. The lowest BCUT2D eigenvalue weighted by Crippen LogP contribution is -2.36. The number of nitrogens with one attached hydrogen (secondary N) is 1. The summed E-state index contributed by atoms with van der Waals surface area (Å²) in [5, 5.41) is 23.0. The molecule has 0 saturated heterocycles. The molecule has 3 aromatic carbocycles. The Labute approximate surface area is 180 Å². The lowest BCUT2D eigenvalue weighted by atomic mass is 9.98. The highest BCUT2D eigenvalue weighted by atomic mass is 19.1. The largest absolute Gasteiger partial charge is 0.449 e. The molecule has 0 bridgehead atoms. The Morgan fingerprint density at radius 3 is 2.29 bits per heavy atom. The number of rotatable bonds is 6. The van der Waals surface area contributed by atoms with Crippen LogP contribution in [-0.2, 0) is 4.74 Å². The van der Waals surface area contributed by atoms with Crippen molar-refractivity contribution in [2.45, 2.75) is 25.0 Å². The molecule has 31 heavy (non-hydrogen) atoms. The van der Waals surface area contributed by atoms with Crippen LogP contribution in [0.1, 0.15) is 34.3 Å². The van der Waals surface area contributed by atoms with Crippen molar-refractivity contribution in [1.82, 2.24) is 5.32 Å². The predicted octanol–water partition coefficient (Wildman–Crippen LogP) is 4.07. The third-order valence-electron chi connectivity index (χ3n) is 5.72. The molecule has 6 heteroatoms. The Balaban J connectivity index is 1.35. The molecule has 0 fully saturated rings. The average Bonchev–Trinajstić information content (AvgIpc) is 3.11. The second kappa shape index (κ2) is 8.88. The second-order valence-corrected chi connectivity index (χ2v) is 7.72. The van der Waals surface area contributed by atoms with Gasteiger partial charge in [0.2, 0.25) is 0 Å². The van der Waals surface area contributed by atoms with Crippen molar-refractivity contribution in [3.8, 4) is 11.1 Å². The molecule has 1 amide bonds. The minimum Gasteiger partial charge on any atom is -0.449 e. The number of amides is 1. The topological polar surface area (TPSA) is 78.8 Å². The van der Waals surface area contributed by atoms with E-state index in [9.17, 15) is 19.4 Å². The molecule has 0 spiro atoms. The number of alkyl carbamates (subject to hydrolysis) is 1. The van der Waals surface area contributed by atoms with Crippen LogP contribution >= 0.6 is 0 Å². The summed E-state index contributed by atoms with van der Waals surface area (Å²) in [7, 11) is 0. The third kappa shape index (κ3) is 4.31. The van der Waals surface area contributed by atoms with Gasteiger partial charge in [0, 0.05) is 12.5 Å². The predicted molar refractivity (Wildman–Crippen MR) is 115 cm³/mol. The van der Waals surface area contributed by atoms with Crippen LogP contribution in [0.25, 0.3) is 11.1 Å². The van der Waals surface area contributed by atoms with Gasteiger partial charge in [-0.05, 0) is 52.4 Å². The molecule has 0 radical (unpaired) electrons. The van der Waals surface area contributed by atoms with E-state index in [0.29, 0.717) is 5.56 Å². The number of aliphatic hydroxyl groups excluding tert-OH is 2. The van der Waals surface area contributed by atoms with Gasteiger partial charge in [0.25, 0.3) is 0 Å². The van der Waals surface area contributed by atoms with Gasteiger partial charge in [0.15, 0.2) is 0 Å². The Kier molecular flexibility index (Phi) is 6.02. The number of aliphatic hydroxyl groups is 2. The highest BCUT2D eigenvalue weighted by molar-refractivity contribution is 5.79. The minimum absolute atomic E-state index is 0.0661. The zero-order chi connectivity index (χ0) is 22.0. The summed E-state index contributed by atoms with van der Waals surface area (Å²) in [4.78, 5) is 12.2. The van der Waals surface area contributed by atoms with Gasteiger partial charge in [-0.2, -0.15) is 0 Å². The van der Waals surface area contributed by atoms with Crippen LogP contribution < -0.4 is 5.32 Å². The van der Waals surface area contributed by atoms with Gasteiger partial charge in [-0.25, -0.2) is 9.18 Å². The smallest absolute Gasteiger partial charge is 0.407 e. The van der Waals surface area contributed by atoms with Gasteiger partial charge >= 0.3 is 6.09 Å². The Hall–Kier alpha value is -3.22. The SMILES string of the molecule is Cc1ccc(F)cc1C(O)C(O)CNC(=O)OCC1c2ccccc2-c2ccccc21. The van der Waals surface area contributed by atoms with Gasteiger partial charge in [-0.1, -0.05) is 54.6 Å². The first-order chi connectivity index (χ1) is 15.0. The van der Waals surface area contributed by atoms with Gasteiger partial charge in [-0.15, -0.1) is 0 Å². The fourth-order valence-corrected chi connectivity index (χ4v) is 4.09. The van der Waals surface area contributed by atoms with Gasteiger partial charge < -0.3 is 20.3 Å². The number of hydrogen-bond donors (Lipinski definition) is 3. The Bertz CT molecular complexity index is 1050. The van der Waals surface area contributed by atoms with Crippen LogP contribution in [0.4, 0.5) is 9.18 Å². The number of carbonyl (C=O) groups excluding carboxylic acids is 1. The average molecular weight is 421 g/mol. The van der Waals surface area contributed by atoms with E-state index in [-0.39, 0.29) is 24.6 Å². The first-order valence-electron chi connectivity index (χ1n) is 10.2. The zero-order valence-electron chi connectivity index (χ0n) is 17.1. The molecule has 5 nitrogen and oxygen atoms in total. The Morgan fingerprint density at radius 2 is 1.65 bits per heavy atom. The lowest BCUT2D eigenvalue weighted by Gasteiger charge is -2.20. The minimum atomic E-state index is -1.33. The number of carbonyl (C=O) groups is 1. The van der Waals surface area contributed by atoms with Crippen molar-refractivity contribution in [3.05, 3.63) is 94.8 Å². The maximum Gasteiger partial charge on any atom is 0.407 e.